The molecule has 2 heterocycles. The monoisotopic (exact) mass is 436 g/mol. The maximum absolute atomic E-state index is 4.27. The SMILES string of the molecule is CCCCCNC(=NC)NCCN1CCc2sccc2C1.I. The summed E-state index contributed by atoms with van der Waals surface area (Å²) in [5.41, 5.74) is 1.52. The van der Waals surface area contributed by atoms with Gasteiger partial charge in [-0.15, -0.1) is 35.3 Å². The van der Waals surface area contributed by atoms with Crippen LogP contribution < -0.4 is 10.6 Å². The van der Waals surface area contributed by atoms with Crippen LogP contribution in [0.4, 0.5) is 0 Å². The molecule has 0 fully saturated rings. The summed E-state index contributed by atoms with van der Waals surface area (Å²) in [6, 6.07) is 2.27. The first kappa shape index (κ1) is 19.7. The molecule has 0 bridgehead atoms. The molecule has 4 nitrogen and oxygen atoms in total. The molecule has 0 spiro atoms. The largest absolute Gasteiger partial charge is 0.356 e. The highest BCUT2D eigenvalue weighted by Gasteiger charge is 2.16. The van der Waals surface area contributed by atoms with Gasteiger partial charge in [0.2, 0.25) is 0 Å². The number of thiophene rings is 1. The molecule has 1 aromatic rings. The Balaban J connectivity index is 0.00000242. The van der Waals surface area contributed by atoms with Crippen molar-refractivity contribution >= 4 is 41.3 Å². The van der Waals surface area contributed by atoms with Crippen molar-refractivity contribution in [2.75, 3.05) is 33.2 Å². The van der Waals surface area contributed by atoms with Crippen LogP contribution in [0, 0.1) is 0 Å². The fourth-order valence-corrected chi connectivity index (χ4v) is 3.52. The van der Waals surface area contributed by atoms with Crippen LogP contribution in [-0.2, 0) is 13.0 Å². The number of hydrogen-bond acceptors (Lipinski definition) is 3. The van der Waals surface area contributed by atoms with E-state index in [9.17, 15) is 0 Å². The van der Waals surface area contributed by atoms with Crippen molar-refractivity contribution in [2.45, 2.75) is 39.2 Å². The van der Waals surface area contributed by atoms with E-state index in [1.54, 1.807) is 4.88 Å². The molecule has 22 heavy (non-hydrogen) atoms. The Bertz CT molecular complexity index is 447. The topological polar surface area (TPSA) is 39.7 Å². The summed E-state index contributed by atoms with van der Waals surface area (Å²) >= 11 is 1.90. The summed E-state index contributed by atoms with van der Waals surface area (Å²) in [4.78, 5) is 8.37. The van der Waals surface area contributed by atoms with E-state index in [-0.39, 0.29) is 24.0 Å². The van der Waals surface area contributed by atoms with Crippen molar-refractivity contribution in [3.8, 4) is 0 Å². The third kappa shape index (κ3) is 6.42. The Kier molecular flexibility index (Phi) is 10.1. The van der Waals surface area contributed by atoms with Gasteiger partial charge in [0, 0.05) is 44.6 Å². The van der Waals surface area contributed by atoms with Crippen LogP contribution in [0.3, 0.4) is 0 Å². The summed E-state index contributed by atoms with van der Waals surface area (Å²) < 4.78 is 0. The molecule has 0 aromatic carbocycles. The number of fused-ring (bicyclic) bond motifs is 1. The molecule has 1 aliphatic rings. The zero-order valence-corrected chi connectivity index (χ0v) is 16.9. The first-order valence-electron chi connectivity index (χ1n) is 8.05. The Hall–Kier alpha value is -0.340. The molecule has 0 saturated heterocycles. The van der Waals surface area contributed by atoms with Gasteiger partial charge in [-0.3, -0.25) is 9.89 Å². The van der Waals surface area contributed by atoms with E-state index >= 15 is 0 Å². The molecule has 1 aliphatic heterocycles. The van der Waals surface area contributed by atoms with Crippen molar-refractivity contribution in [3.05, 3.63) is 21.9 Å². The molecule has 0 aliphatic carbocycles. The Morgan fingerprint density at radius 2 is 2.14 bits per heavy atom. The van der Waals surface area contributed by atoms with Crippen LogP contribution in [0.25, 0.3) is 0 Å². The lowest BCUT2D eigenvalue weighted by molar-refractivity contribution is 0.260. The molecule has 2 N–H and O–H groups in total. The predicted molar refractivity (Wildman–Crippen MR) is 108 cm³/mol. The van der Waals surface area contributed by atoms with Gasteiger partial charge in [0.1, 0.15) is 0 Å². The van der Waals surface area contributed by atoms with Crippen LogP contribution in [0.15, 0.2) is 16.4 Å². The first-order valence-corrected chi connectivity index (χ1v) is 8.93. The van der Waals surface area contributed by atoms with Gasteiger partial charge in [0.05, 0.1) is 0 Å². The molecule has 0 radical (unpaired) electrons. The van der Waals surface area contributed by atoms with Crippen LogP contribution in [0.2, 0.25) is 0 Å². The Morgan fingerprint density at radius 1 is 1.32 bits per heavy atom. The molecule has 0 amide bonds. The zero-order valence-electron chi connectivity index (χ0n) is 13.7. The minimum Gasteiger partial charge on any atom is -0.356 e. The van der Waals surface area contributed by atoms with Gasteiger partial charge in [0.25, 0.3) is 0 Å². The molecule has 1 aromatic heterocycles. The molecule has 6 heteroatoms. The molecular weight excluding hydrogens is 407 g/mol. The summed E-state index contributed by atoms with van der Waals surface area (Å²) in [6.07, 6.45) is 4.95. The van der Waals surface area contributed by atoms with E-state index in [0.29, 0.717) is 0 Å². The highest BCUT2D eigenvalue weighted by molar-refractivity contribution is 14.0. The lowest BCUT2D eigenvalue weighted by Crippen LogP contribution is -2.42. The zero-order chi connectivity index (χ0) is 14.9. The number of nitrogens with zero attached hydrogens (tertiary/aromatic N) is 2. The second kappa shape index (κ2) is 11.2. The standard InChI is InChI=1S/C16H28N4S.HI/c1-3-4-5-8-18-16(17-2)19-9-11-20-10-6-15-14(13-20)7-12-21-15;/h7,12H,3-6,8-11,13H2,1-2H3,(H2,17,18,19);1H. The van der Waals surface area contributed by atoms with Crippen LogP contribution >= 0.6 is 35.3 Å². The minimum absolute atomic E-state index is 0. The highest BCUT2D eigenvalue weighted by atomic mass is 127. The fraction of sp³-hybridized carbons (Fsp3) is 0.688. The van der Waals surface area contributed by atoms with Gasteiger partial charge >= 0.3 is 0 Å². The maximum Gasteiger partial charge on any atom is 0.191 e. The quantitative estimate of drug-likeness (QED) is 0.299. The van der Waals surface area contributed by atoms with E-state index in [1.807, 2.05) is 18.4 Å². The van der Waals surface area contributed by atoms with Crippen LogP contribution in [-0.4, -0.2) is 44.1 Å². The van der Waals surface area contributed by atoms with Gasteiger partial charge < -0.3 is 10.6 Å². The molecular formula is C16H29IN4S. The Labute approximate surface area is 155 Å². The predicted octanol–water partition coefficient (Wildman–Crippen LogP) is 3.08. The van der Waals surface area contributed by atoms with Crippen molar-refractivity contribution < 1.29 is 0 Å². The summed E-state index contributed by atoms with van der Waals surface area (Å²) in [7, 11) is 1.84. The van der Waals surface area contributed by atoms with Crippen molar-refractivity contribution in [1.82, 2.24) is 15.5 Å². The van der Waals surface area contributed by atoms with Crippen LogP contribution in [0.5, 0.6) is 0 Å². The Morgan fingerprint density at radius 3 is 2.91 bits per heavy atom. The summed E-state index contributed by atoms with van der Waals surface area (Å²) in [6.45, 7) is 7.54. The first-order chi connectivity index (χ1) is 10.3. The number of nitrogens with one attached hydrogen (secondary N) is 2. The normalized spacial score (nSPS) is 15.1. The number of hydrogen-bond donors (Lipinski definition) is 2. The van der Waals surface area contributed by atoms with Gasteiger partial charge in [0.15, 0.2) is 5.96 Å². The fourth-order valence-electron chi connectivity index (χ4n) is 2.63. The summed E-state index contributed by atoms with van der Waals surface area (Å²) in [5.74, 6) is 0.930. The number of guanidine groups is 1. The third-order valence-electron chi connectivity index (χ3n) is 3.90. The van der Waals surface area contributed by atoms with E-state index in [0.717, 1.165) is 32.1 Å². The average Bonchev–Trinajstić information content (AvgIpc) is 2.97. The molecule has 0 saturated carbocycles. The second-order valence-corrected chi connectivity index (χ2v) is 6.53. The molecule has 0 unspecified atom stereocenters. The molecule has 2 rings (SSSR count). The van der Waals surface area contributed by atoms with Gasteiger partial charge in [-0.1, -0.05) is 19.8 Å². The number of unbranched alkanes of at least 4 members (excludes halogenated alkanes) is 2. The van der Waals surface area contributed by atoms with Gasteiger partial charge in [-0.2, -0.15) is 0 Å². The maximum atomic E-state index is 4.27. The number of halogens is 1. The minimum atomic E-state index is 0. The number of aliphatic imine (C=N–C) groups is 1. The van der Waals surface area contributed by atoms with E-state index in [1.165, 1.54) is 37.8 Å². The lowest BCUT2D eigenvalue weighted by atomic mass is 10.1. The summed E-state index contributed by atoms with van der Waals surface area (Å²) in [5, 5.41) is 9.00. The van der Waals surface area contributed by atoms with Gasteiger partial charge in [-0.25, -0.2) is 0 Å². The van der Waals surface area contributed by atoms with Gasteiger partial charge in [-0.05, 0) is 29.9 Å². The average molecular weight is 436 g/mol. The van der Waals surface area contributed by atoms with E-state index in [4.69, 9.17) is 0 Å². The highest BCUT2D eigenvalue weighted by Crippen LogP contribution is 2.23. The smallest absolute Gasteiger partial charge is 0.191 e. The third-order valence-corrected chi connectivity index (χ3v) is 4.93. The van der Waals surface area contributed by atoms with Crippen LogP contribution in [0.1, 0.15) is 36.6 Å². The van der Waals surface area contributed by atoms with Crippen molar-refractivity contribution in [1.29, 1.82) is 0 Å². The van der Waals surface area contributed by atoms with Crippen molar-refractivity contribution in [2.24, 2.45) is 4.99 Å². The second-order valence-electron chi connectivity index (χ2n) is 5.53. The van der Waals surface area contributed by atoms with E-state index < -0.39 is 0 Å². The molecule has 0 atom stereocenters. The van der Waals surface area contributed by atoms with Crippen molar-refractivity contribution in [3.63, 3.8) is 0 Å². The molecule has 126 valence electrons. The lowest BCUT2D eigenvalue weighted by Gasteiger charge is -2.27. The van der Waals surface area contributed by atoms with E-state index in [2.05, 4.69) is 38.9 Å². The number of rotatable bonds is 7.